The summed E-state index contributed by atoms with van der Waals surface area (Å²) in [5.74, 6) is 1.43. The minimum atomic E-state index is 0.551. The van der Waals surface area contributed by atoms with Crippen molar-refractivity contribution in [2.75, 3.05) is 13.4 Å². The Labute approximate surface area is 149 Å². The molecule has 0 unspecified atom stereocenters. The average molecular weight is 365 g/mol. The molecule has 0 saturated heterocycles. The Hall–Kier alpha value is -1.62. The first kappa shape index (κ1) is 16.2. The monoisotopic (exact) mass is 364 g/mol. The molecule has 0 radical (unpaired) electrons. The van der Waals surface area contributed by atoms with E-state index in [-0.39, 0.29) is 0 Å². The van der Waals surface area contributed by atoms with Gasteiger partial charge in [-0.2, -0.15) is 0 Å². The first-order valence-corrected chi connectivity index (χ1v) is 8.83. The molecule has 1 aromatic heterocycles. The van der Waals surface area contributed by atoms with Crippen molar-refractivity contribution in [1.82, 2.24) is 9.55 Å². The smallest absolute Gasteiger partial charge is 0.144 e. The summed E-state index contributed by atoms with van der Waals surface area (Å²) in [6.45, 7) is 0. The van der Waals surface area contributed by atoms with E-state index in [1.807, 2.05) is 53.4 Å². The molecule has 0 atom stereocenters. The number of ether oxygens (including phenoxy) is 1. The molecule has 0 N–H and O–H groups in total. The van der Waals surface area contributed by atoms with E-state index in [1.165, 1.54) is 0 Å². The van der Waals surface area contributed by atoms with Crippen LogP contribution in [0, 0.1) is 0 Å². The van der Waals surface area contributed by atoms with Gasteiger partial charge in [-0.15, -0.1) is 11.8 Å². The number of imidazole rings is 1. The van der Waals surface area contributed by atoms with Gasteiger partial charge in [0.05, 0.1) is 17.2 Å². The highest BCUT2D eigenvalue weighted by molar-refractivity contribution is 7.98. The fraction of sp³-hybridized carbons (Fsp3) is 0.118. The van der Waals surface area contributed by atoms with Crippen molar-refractivity contribution in [1.29, 1.82) is 0 Å². The van der Waals surface area contributed by atoms with Gasteiger partial charge in [-0.3, -0.25) is 4.57 Å². The lowest BCUT2D eigenvalue weighted by Gasteiger charge is -2.11. The highest BCUT2D eigenvalue weighted by Gasteiger charge is 2.11. The Morgan fingerprint density at radius 2 is 1.91 bits per heavy atom. The number of methoxy groups -OCH3 is 1. The minimum Gasteiger partial charge on any atom is -0.495 e. The number of aromatic nitrogens is 2. The second-order valence-electron chi connectivity index (χ2n) is 4.79. The Morgan fingerprint density at radius 1 is 1.09 bits per heavy atom. The van der Waals surface area contributed by atoms with Crippen molar-refractivity contribution in [2.45, 2.75) is 4.90 Å². The standard InChI is InChI=1S/C17H14Cl2N2OS/c1-22-15-5-3-11(9-13(15)18)17-20-7-8-21(17)12-4-6-16(23-2)14(19)10-12/h3-10H,1-2H3. The molecule has 118 valence electrons. The van der Waals surface area contributed by atoms with Gasteiger partial charge in [0.15, 0.2) is 0 Å². The highest BCUT2D eigenvalue weighted by atomic mass is 35.5. The lowest BCUT2D eigenvalue weighted by atomic mass is 10.2. The summed E-state index contributed by atoms with van der Waals surface area (Å²) in [6.07, 6.45) is 5.66. The number of benzene rings is 2. The van der Waals surface area contributed by atoms with Crippen LogP contribution < -0.4 is 4.74 Å². The van der Waals surface area contributed by atoms with E-state index in [0.29, 0.717) is 10.8 Å². The second kappa shape index (κ2) is 6.87. The maximum absolute atomic E-state index is 6.32. The third-order valence-electron chi connectivity index (χ3n) is 3.46. The van der Waals surface area contributed by atoms with Gasteiger partial charge in [-0.05, 0) is 42.7 Å². The fourth-order valence-electron chi connectivity index (χ4n) is 2.34. The number of hydrogen-bond donors (Lipinski definition) is 0. The van der Waals surface area contributed by atoms with E-state index in [9.17, 15) is 0 Å². The van der Waals surface area contributed by atoms with E-state index in [0.717, 1.165) is 27.0 Å². The molecular weight excluding hydrogens is 351 g/mol. The SMILES string of the molecule is COc1ccc(-c2nccn2-c2ccc(SC)c(Cl)c2)cc1Cl. The maximum atomic E-state index is 6.32. The number of hydrogen-bond acceptors (Lipinski definition) is 3. The van der Waals surface area contributed by atoms with Crippen LogP contribution >= 0.6 is 35.0 Å². The van der Waals surface area contributed by atoms with Crippen molar-refractivity contribution in [2.24, 2.45) is 0 Å². The van der Waals surface area contributed by atoms with E-state index in [1.54, 1.807) is 25.1 Å². The predicted octanol–water partition coefficient (Wildman–Crippen LogP) is 5.58. The molecule has 0 saturated carbocycles. The molecule has 2 aromatic carbocycles. The molecule has 23 heavy (non-hydrogen) atoms. The topological polar surface area (TPSA) is 27.1 Å². The van der Waals surface area contributed by atoms with Crippen molar-refractivity contribution >= 4 is 35.0 Å². The number of halogens is 2. The molecule has 3 nitrogen and oxygen atoms in total. The summed E-state index contributed by atoms with van der Waals surface area (Å²) in [4.78, 5) is 5.49. The van der Waals surface area contributed by atoms with Crippen molar-refractivity contribution in [3.8, 4) is 22.8 Å². The van der Waals surface area contributed by atoms with Crippen LogP contribution in [0.4, 0.5) is 0 Å². The normalized spacial score (nSPS) is 10.8. The summed E-state index contributed by atoms with van der Waals surface area (Å²) in [5.41, 5.74) is 1.86. The van der Waals surface area contributed by atoms with E-state index in [4.69, 9.17) is 27.9 Å². The van der Waals surface area contributed by atoms with Crippen LogP contribution in [-0.4, -0.2) is 22.9 Å². The molecule has 3 aromatic rings. The van der Waals surface area contributed by atoms with Gasteiger partial charge in [-0.1, -0.05) is 23.2 Å². The van der Waals surface area contributed by atoms with Gasteiger partial charge in [0.2, 0.25) is 0 Å². The van der Waals surface area contributed by atoms with Gasteiger partial charge in [-0.25, -0.2) is 4.98 Å². The molecule has 0 fully saturated rings. The first-order valence-electron chi connectivity index (χ1n) is 6.85. The third kappa shape index (κ3) is 3.20. The van der Waals surface area contributed by atoms with Gasteiger partial charge in [0.1, 0.15) is 11.6 Å². The lowest BCUT2D eigenvalue weighted by molar-refractivity contribution is 0.415. The van der Waals surface area contributed by atoms with Crippen molar-refractivity contribution in [3.63, 3.8) is 0 Å². The quantitative estimate of drug-likeness (QED) is 0.565. The molecule has 0 aliphatic carbocycles. The largest absolute Gasteiger partial charge is 0.495 e. The van der Waals surface area contributed by atoms with Crippen LogP contribution in [0.2, 0.25) is 10.0 Å². The minimum absolute atomic E-state index is 0.551. The summed E-state index contributed by atoms with van der Waals surface area (Å²) < 4.78 is 7.17. The van der Waals surface area contributed by atoms with Gasteiger partial charge < -0.3 is 4.74 Å². The molecule has 0 bridgehead atoms. The Morgan fingerprint density at radius 3 is 2.57 bits per heavy atom. The van der Waals surface area contributed by atoms with Crippen LogP contribution in [0.1, 0.15) is 0 Å². The van der Waals surface area contributed by atoms with Gasteiger partial charge >= 0.3 is 0 Å². The zero-order chi connectivity index (χ0) is 16.4. The molecular formula is C17H14Cl2N2OS. The van der Waals surface area contributed by atoms with E-state index >= 15 is 0 Å². The van der Waals surface area contributed by atoms with E-state index in [2.05, 4.69) is 4.98 Å². The number of rotatable bonds is 4. The molecule has 3 rings (SSSR count). The highest BCUT2D eigenvalue weighted by Crippen LogP contribution is 2.32. The lowest BCUT2D eigenvalue weighted by Crippen LogP contribution is -1.97. The Kier molecular flexibility index (Phi) is 4.85. The molecule has 1 heterocycles. The average Bonchev–Trinajstić information content (AvgIpc) is 3.04. The molecule has 0 amide bonds. The van der Waals surface area contributed by atoms with Gasteiger partial charge in [0.25, 0.3) is 0 Å². The second-order valence-corrected chi connectivity index (χ2v) is 6.45. The molecule has 0 aliphatic rings. The van der Waals surface area contributed by atoms with Crippen LogP contribution in [0.25, 0.3) is 17.1 Å². The van der Waals surface area contributed by atoms with Crippen molar-refractivity contribution in [3.05, 3.63) is 58.8 Å². The van der Waals surface area contributed by atoms with Gasteiger partial charge in [0, 0.05) is 28.5 Å². The van der Waals surface area contributed by atoms with E-state index < -0.39 is 0 Å². The van der Waals surface area contributed by atoms with Crippen molar-refractivity contribution < 1.29 is 4.74 Å². The molecule has 0 aliphatic heterocycles. The Balaban J connectivity index is 2.06. The summed E-state index contributed by atoms with van der Waals surface area (Å²) in [7, 11) is 1.59. The summed E-state index contributed by atoms with van der Waals surface area (Å²) >= 11 is 14.2. The maximum Gasteiger partial charge on any atom is 0.144 e. The van der Waals surface area contributed by atoms with Crippen LogP contribution in [0.3, 0.4) is 0 Å². The zero-order valence-electron chi connectivity index (χ0n) is 12.6. The Bertz CT molecular complexity index is 780. The number of thioether (sulfide) groups is 1. The summed E-state index contributed by atoms with van der Waals surface area (Å²) in [6, 6.07) is 11.6. The first-order chi connectivity index (χ1) is 11.1. The predicted molar refractivity (Wildman–Crippen MR) is 97.4 cm³/mol. The fourth-order valence-corrected chi connectivity index (χ4v) is 3.46. The summed E-state index contributed by atoms with van der Waals surface area (Å²) in [5, 5.41) is 1.28. The third-order valence-corrected chi connectivity index (χ3v) is 4.98. The van der Waals surface area contributed by atoms with Crippen LogP contribution in [-0.2, 0) is 0 Å². The molecule has 6 heteroatoms. The molecule has 0 spiro atoms. The number of nitrogens with zero attached hydrogens (tertiary/aromatic N) is 2. The van der Waals surface area contributed by atoms with Crippen LogP contribution in [0.15, 0.2) is 53.7 Å². The zero-order valence-corrected chi connectivity index (χ0v) is 14.9. The van der Waals surface area contributed by atoms with Crippen LogP contribution in [0.5, 0.6) is 5.75 Å².